The van der Waals surface area contributed by atoms with Crippen LogP contribution in [-0.2, 0) is 17.6 Å². The first kappa shape index (κ1) is 11.3. The first-order chi connectivity index (χ1) is 8.63. The largest absolute Gasteiger partial charge is 0.481 e. The van der Waals surface area contributed by atoms with E-state index in [9.17, 15) is 4.79 Å². The zero-order valence-corrected chi connectivity index (χ0v) is 10.4. The minimum absolute atomic E-state index is 0.0738. The fraction of sp³-hybridized carbons (Fsp3) is 0.133. The highest BCUT2D eigenvalue weighted by molar-refractivity contribution is 6.30. The lowest BCUT2D eigenvalue weighted by molar-refractivity contribution is -0.136. The number of halogens is 1. The van der Waals surface area contributed by atoms with E-state index in [2.05, 4.69) is 0 Å². The van der Waals surface area contributed by atoms with E-state index in [1.807, 2.05) is 36.4 Å². The number of fused-ring (bicyclic) bond motifs is 3. The van der Waals surface area contributed by atoms with Crippen LogP contribution in [0.4, 0.5) is 0 Å². The van der Waals surface area contributed by atoms with Crippen molar-refractivity contribution in [3.63, 3.8) is 0 Å². The summed E-state index contributed by atoms with van der Waals surface area (Å²) in [6.07, 6.45) is 0.906. The van der Waals surface area contributed by atoms with Crippen LogP contribution in [0.25, 0.3) is 11.1 Å². The molecule has 90 valence electrons. The lowest BCUT2D eigenvalue weighted by atomic mass is 10.0. The smallest absolute Gasteiger partial charge is 0.307 e. The molecule has 0 aliphatic heterocycles. The highest BCUT2D eigenvalue weighted by Gasteiger charge is 2.18. The van der Waals surface area contributed by atoms with Crippen LogP contribution in [0.2, 0.25) is 5.02 Å². The van der Waals surface area contributed by atoms with E-state index in [0.29, 0.717) is 0 Å². The van der Waals surface area contributed by atoms with E-state index in [-0.39, 0.29) is 6.42 Å². The summed E-state index contributed by atoms with van der Waals surface area (Å²) in [5.74, 6) is -0.798. The van der Waals surface area contributed by atoms with E-state index >= 15 is 0 Å². The predicted octanol–water partition coefficient (Wildman–Crippen LogP) is 3.54. The Labute approximate surface area is 110 Å². The van der Waals surface area contributed by atoms with E-state index < -0.39 is 5.97 Å². The van der Waals surface area contributed by atoms with Crippen molar-refractivity contribution in [1.82, 2.24) is 0 Å². The fourth-order valence-corrected chi connectivity index (χ4v) is 2.71. The molecule has 2 aromatic rings. The minimum Gasteiger partial charge on any atom is -0.481 e. The molecule has 0 aromatic heterocycles. The van der Waals surface area contributed by atoms with E-state index in [0.717, 1.165) is 17.0 Å². The highest BCUT2D eigenvalue weighted by Crippen LogP contribution is 2.38. The minimum atomic E-state index is -0.798. The van der Waals surface area contributed by atoms with Crippen LogP contribution >= 0.6 is 11.6 Å². The number of benzene rings is 2. The van der Waals surface area contributed by atoms with Crippen molar-refractivity contribution in [3.05, 3.63) is 58.1 Å². The van der Waals surface area contributed by atoms with E-state index in [1.54, 1.807) is 0 Å². The Kier molecular flexibility index (Phi) is 2.60. The average Bonchev–Trinajstić information content (AvgIpc) is 2.64. The summed E-state index contributed by atoms with van der Waals surface area (Å²) < 4.78 is 0. The number of hydrogen-bond acceptors (Lipinski definition) is 1. The zero-order valence-electron chi connectivity index (χ0n) is 9.61. The van der Waals surface area contributed by atoms with Gasteiger partial charge in [-0.2, -0.15) is 0 Å². The van der Waals surface area contributed by atoms with Crippen molar-refractivity contribution >= 4 is 17.6 Å². The van der Waals surface area contributed by atoms with Gasteiger partial charge in [-0.15, -0.1) is 0 Å². The molecule has 0 radical (unpaired) electrons. The van der Waals surface area contributed by atoms with E-state index in [4.69, 9.17) is 16.7 Å². The van der Waals surface area contributed by atoms with E-state index in [1.165, 1.54) is 22.3 Å². The first-order valence-corrected chi connectivity index (χ1v) is 6.13. The maximum absolute atomic E-state index is 10.7. The van der Waals surface area contributed by atoms with Gasteiger partial charge in [-0.05, 0) is 46.4 Å². The number of carboxylic acid groups (broad SMARTS) is 1. The number of carboxylic acids is 1. The Balaban J connectivity index is 2.03. The molecule has 0 amide bonds. The van der Waals surface area contributed by atoms with Crippen LogP contribution in [0.15, 0.2) is 36.4 Å². The second-order valence-electron chi connectivity index (χ2n) is 4.54. The standard InChI is InChI=1S/C15H11ClO2/c16-12-2-4-14-11(8-12)7-10-5-9(6-15(17)18)1-3-13(10)14/h1-5,8H,6-7H2,(H,17,18). The summed E-state index contributed by atoms with van der Waals surface area (Å²) in [5, 5.41) is 9.55. The third kappa shape index (κ3) is 1.89. The van der Waals surface area contributed by atoms with Crippen LogP contribution in [0, 0.1) is 0 Å². The van der Waals surface area contributed by atoms with Crippen molar-refractivity contribution in [2.24, 2.45) is 0 Å². The van der Waals surface area contributed by atoms with Gasteiger partial charge in [0.2, 0.25) is 0 Å². The predicted molar refractivity (Wildman–Crippen MR) is 71.0 cm³/mol. The molecule has 18 heavy (non-hydrogen) atoms. The van der Waals surface area contributed by atoms with Crippen LogP contribution in [-0.4, -0.2) is 11.1 Å². The quantitative estimate of drug-likeness (QED) is 0.763. The van der Waals surface area contributed by atoms with Crippen molar-refractivity contribution in [3.8, 4) is 11.1 Å². The third-order valence-corrected chi connectivity index (χ3v) is 3.50. The van der Waals surface area contributed by atoms with Crippen molar-refractivity contribution < 1.29 is 9.90 Å². The van der Waals surface area contributed by atoms with Crippen LogP contribution in [0.1, 0.15) is 16.7 Å². The molecule has 1 aliphatic rings. The Bertz CT molecular complexity index is 647. The molecule has 0 saturated heterocycles. The molecular formula is C15H11ClO2. The number of rotatable bonds is 2. The molecule has 3 heteroatoms. The van der Waals surface area contributed by atoms with Gasteiger partial charge in [0.1, 0.15) is 0 Å². The Morgan fingerprint density at radius 3 is 2.50 bits per heavy atom. The molecule has 3 rings (SSSR count). The average molecular weight is 259 g/mol. The Hall–Kier alpha value is -1.80. The van der Waals surface area contributed by atoms with Crippen molar-refractivity contribution in [2.75, 3.05) is 0 Å². The van der Waals surface area contributed by atoms with Crippen LogP contribution in [0.5, 0.6) is 0 Å². The first-order valence-electron chi connectivity index (χ1n) is 5.76. The lowest BCUT2D eigenvalue weighted by Crippen LogP contribution is -2.00. The molecule has 0 atom stereocenters. The second-order valence-corrected chi connectivity index (χ2v) is 4.98. The van der Waals surface area contributed by atoms with Gasteiger partial charge in [-0.1, -0.05) is 35.9 Å². The Morgan fingerprint density at radius 1 is 1.11 bits per heavy atom. The fourth-order valence-electron chi connectivity index (χ4n) is 2.52. The highest BCUT2D eigenvalue weighted by atomic mass is 35.5. The number of carbonyl (C=O) groups is 1. The van der Waals surface area contributed by atoms with Crippen LogP contribution < -0.4 is 0 Å². The van der Waals surface area contributed by atoms with Gasteiger partial charge in [0, 0.05) is 5.02 Å². The summed E-state index contributed by atoms with van der Waals surface area (Å²) in [5.41, 5.74) is 5.64. The lowest BCUT2D eigenvalue weighted by Gasteiger charge is -2.03. The molecule has 0 heterocycles. The molecular weight excluding hydrogens is 248 g/mol. The maximum Gasteiger partial charge on any atom is 0.307 e. The molecule has 1 aliphatic carbocycles. The molecule has 0 saturated carbocycles. The van der Waals surface area contributed by atoms with Gasteiger partial charge >= 0.3 is 5.97 Å². The monoisotopic (exact) mass is 258 g/mol. The SMILES string of the molecule is O=C(O)Cc1ccc2c(c1)Cc1cc(Cl)ccc1-2. The number of hydrogen-bond donors (Lipinski definition) is 1. The summed E-state index contributed by atoms with van der Waals surface area (Å²) in [6.45, 7) is 0. The zero-order chi connectivity index (χ0) is 12.7. The maximum atomic E-state index is 10.7. The third-order valence-electron chi connectivity index (χ3n) is 3.26. The van der Waals surface area contributed by atoms with Crippen molar-refractivity contribution in [2.45, 2.75) is 12.8 Å². The van der Waals surface area contributed by atoms with Gasteiger partial charge < -0.3 is 5.11 Å². The summed E-state index contributed by atoms with van der Waals surface area (Å²) in [6, 6.07) is 11.8. The molecule has 0 fully saturated rings. The normalized spacial score (nSPS) is 12.1. The van der Waals surface area contributed by atoms with Crippen molar-refractivity contribution in [1.29, 1.82) is 0 Å². The molecule has 2 nitrogen and oxygen atoms in total. The number of aliphatic carboxylic acids is 1. The van der Waals surface area contributed by atoms with Gasteiger partial charge in [0.25, 0.3) is 0 Å². The van der Waals surface area contributed by atoms with Gasteiger partial charge in [0.05, 0.1) is 6.42 Å². The Morgan fingerprint density at radius 2 is 1.78 bits per heavy atom. The van der Waals surface area contributed by atoms with Gasteiger partial charge in [0.15, 0.2) is 0 Å². The summed E-state index contributed by atoms with van der Waals surface area (Å²) >= 11 is 5.99. The van der Waals surface area contributed by atoms with Crippen LogP contribution in [0.3, 0.4) is 0 Å². The topological polar surface area (TPSA) is 37.3 Å². The molecule has 1 N–H and O–H groups in total. The molecule has 0 spiro atoms. The second kappa shape index (κ2) is 4.14. The summed E-state index contributed by atoms with van der Waals surface area (Å²) in [7, 11) is 0. The van der Waals surface area contributed by atoms with Gasteiger partial charge in [-0.3, -0.25) is 4.79 Å². The molecule has 0 unspecified atom stereocenters. The summed E-state index contributed by atoms with van der Waals surface area (Å²) in [4.78, 5) is 10.7. The van der Waals surface area contributed by atoms with Gasteiger partial charge in [-0.25, -0.2) is 0 Å². The molecule has 0 bridgehead atoms. The molecule has 2 aromatic carbocycles.